The fraction of sp³-hybridized carbons (Fsp3) is 0.167. The molecule has 4 amide bonds. The van der Waals surface area contributed by atoms with Crippen molar-refractivity contribution in [2.75, 3.05) is 5.32 Å². The van der Waals surface area contributed by atoms with E-state index < -0.39 is 29.7 Å². The number of nitrogens with one attached hydrogen (secondary N) is 2. The van der Waals surface area contributed by atoms with Crippen LogP contribution in [0.5, 0.6) is 0 Å². The van der Waals surface area contributed by atoms with E-state index in [-0.39, 0.29) is 24.0 Å². The lowest BCUT2D eigenvalue weighted by molar-refractivity contribution is -0.136. The molecule has 34 heavy (non-hydrogen) atoms. The van der Waals surface area contributed by atoms with Crippen LogP contribution in [0.4, 0.5) is 11.4 Å². The molecule has 2 aromatic carbocycles. The molecule has 0 aliphatic carbocycles. The molecule has 1 atom stereocenters. The maximum Gasteiger partial charge on any atom is 0.264 e. The van der Waals surface area contributed by atoms with Crippen molar-refractivity contribution in [3.8, 4) is 10.6 Å². The molecule has 1 saturated heterocycles. The predicted octanol–water partition coefficient (Wildman–Crippen LogP) is 3.37. The van der Waals surface area contributed by atoms with Gasteiger partial charge in [-0.2, -0.15) is 0 Å². The number of carbonyl (C=O) groups excluding carboxylic acids is 4. The highest BCUT2D eigenvalue weighted by Gasteiger charge is 2.45. The Bertz CT molecular complexity index is 1410. The zero-order valence-electron chi connectivity index (χ0n) is 17.7. The third kappa shape index (κ3) is 3.72. The van der Waals surface area contributed by atoms with Gasteiger partial charge < -0.3 is 5.32 Å². The topological polar surface area (TPSA) is 113 Å². The minimum atomic E-state index is -1.01. The monoisotopic (exact) mass is 471 g/mol. The Labute approximate surface area is 198 Å². The van der Waals surface area contributed by atoms with Crippen molar-refractivity contribution in [3.05, 3.63) is 76.1 Å². The first-order valence-corrected chi connectivity index (χ1v) is 11.3. The number of nitrogens with zero attached hydrogens (tertiary/aromatic N) is 3. The average molecular weight is 471 g/mol. The Hall–Kier alpha value is -4.36. The van der Waals surface area contributed by atoms with Crippen LogP contribution >= 0.6 is 11.3 Å². The Morgan fingerprint density at radius 3 is 2.76 bits per heavy atom. The van der Waals surface area contributed by atoms with Gasteiger partial charge in [0.25, 0.3) is 11.8 Å². The molecule has 9 nitrogen and oxygen atoms in total. The first-order chi connectivity index (χ1) is 16.5. The molecule has 10 heteroatoms. The van der Waals surface area contributed by atoms with E-state index in [9.17, 15) is 19.2 Å². The third-order valence-electron chi connectivity index (χ3n) is 5.70. The van der Waals surface area contributed by atoms with E-state index in [0.717, 1.165) is 20.3 Å². The Morgan fingerprint density at radius 2 is 1.97 bits per heavy atom. The largest absolute Gasteiger partial charge is 0.379 e. The molecule has 0 radical (unpaired) electrons. The summed E-state index contributed by atoms with van der Waals surface area (Å²) < 4.78 is 0. The number of rotatable bonds is 5. The van der Waals surface area contributed by atoms with Crippen molar-refractivity contribution in [2.45, 2.75) is 25.4 Å². The number of anilines is 1. The molecule has 2 aliphatic heterocycles. The van der Waals surface area contributed by atoms with Crippen LogP contribution in [-0.2, 0) is 16.1 Å². The third-order valence-corrected chi connectivity index (χ3v) is 6.74. The van der Waals surface area contributed by atoms with Gasteiger partial charge in [-0.3, -0.25) is 29.4 Å². The Kier molecular flexibility index (Phi) is 5.39. The Balaban J connectivity index is 1.35. The summed E-state index contributed by atoms with van der Waals surface area (Å²) in [6.45, 7) is 7.54. The van der Waals surface area contributed by atoms with Gasteiger partial charge in [-0.25, -0.2) is 9.83 Å². The van der Waals surface area contributed by atoms with Gasteiger partial charge in [-0.05, 0) is 30.2 Å². The first-order valence-electron chi connectivity index (χ1n) is 10.5. The second-order valence-electron chi connectivity index (χ2n) is 7.82. The second-order valence-corrected chi connectivity index (χ2v) is 8.94. The van der Waals surface area contributed by atoms with Gasteiger partial charge in [0, 0.05) is 23.2 Å². The van der Waals surface area contributed by atoms with Gasteiger partial charge >= 0.3 is 0 Å². The smallest absolute Gasteiger partial charge is 0.264 e. The summed E-state index contributed by atoms with van der Waals surface area (Å²) in [5, 5.41) is 6.18. The highest BCUT2D eigenvalue weighted by Crippen LogP contribution is 2.33. The number of amides is 4. The average Bonchev–Trinajstić information content (AvgIpc) is 3.42. The van der Waals surface area contributed by atoms with Crippen LogP contribution < -0.4 is 10.6 Å². The van der Waals surface area contributed by atoms with Crippen molar-refractivity contribution in [1.82, 2.24) is 15.2 Å². The molecule has 0 bridgehead atoms. The second kappa shape index (κ2) is 8.53. The molecule has 0 spiro atoms. The molecular formula is C24H17N5O4S. The number of benzene rings is 2. The molecule has 1 fully saturated rings. The highest BCUT2D eigenvalue weighted by atomic mass is 32.1. The van der Waals surface area contributed by atoms with E-state index in [1.165, 1.54) is 11.3 Å². The van der Waals surface area contributed by atoms with Crippen LogP contribution in [0.2, 0.25) is 0 Å². The molecule has 1 unspecified atom stereocenters. The molecular weight excluding hydrogens is 454 g/mol. The molecule has 5 rings (SSSR count). The lowest BCUT2D eigenvalue weighted by atomic mass is 10.0. The number of piperidine rings is 1. The summed E-state index contributed by atoms with van der Waals surface area (Å²) in [7, 11) is 0. The minimum absolute atomic E-state index is 0.0709. The van der Waals surface area contributed by atoms with Gasteiger partial charge in [-0.15, -0.1) is 11.3 Å². The zero-order valence-corrected chi connectivity index (χ0v) is 18.5. The van der Waals surface area contributed by atoms with E-state index in [4.69, 9.17) is 6.57 Å². The minimum Gasteiger partial charge on any atom is -0.379 e. The van der Waals surface area contributed by atoms with Crippen LogP contribution in [-0.4, -0.2) is 39.6 Å². The predicted molar refractivity (Wildman–Crippen MR) is 124 cm³/mol. The molecule has 2 aliphatic rings. The van der Waals surface area contributed by atoms with Crippen molar-refractivity contribution >= 4 is 46.3 Å². The first kappa shape index (κ1) is 21.5. The van der Waals surface area contributed by atoms with Gasteiger partial charge in [0.1, 0.15) is 11.0 Å². The van der Waals surface area contributed by atoms with Crippen LogP contribution in [0.25, 0.3) is 15.4 Å². The summed E-state index contributed by atoms with van der Waals surface area (Å²) >= 11 is 1.46. The Morgan fingerprint density at radius 1 is 1.15 bits per heavy atom. The van der Waals surface area contributed by atoms with Crippen molar-refractivity contribution in [2.24, 2.45) is 0 Å². The number of thiazole rings is 1. The number of hydrogen-bond acceptors (Lipinski definition) is 7. The quantitative estimate of drug-likeness (QED) is 0.436. The summed E-state index contributed by atoms with van der Waals surface area (Å²) in [5.41, 5.74) is 2.31. The molecule has 168 valence electrons. The van der Waals surface area contributed by atoms with E-state index in [2.05, 4.69) is 20.5 Å². The number of imide groups is 2. The van der Waals surface area contributed by atoms with Crippen molar-refractivity contribution < 1.29 is 19.2 Å². The number of fused-ring (bicyclic) bond motifs is 1. The fourth-order valence-electron chi connectivity index (χ4n) is 4.08. The highest BCUT2D eigenvalue weighted by molar-refractivity contribution is 7.15. The van der Waals surface area contributed by atoms with Crippen molar-refractivity contribution in [3.63, 3.8) is 0 Å². The number of carbonyl (C=O) groups is 4. The molecule has 3 aromatic rings. The fourth-order valence-corrected chi connectivity index (χ4v) is 4.92. The summed E-state index contributed by atoms with van der Waals surface area (Å²) in [6, 6.07) is 11.2. The standard InChI is InChI=1S/C24H17N5O4S/c1-25-14-5-2-4-13(10-14)22-27-12-15(34-22)11-26-17-7-3-6-16-20(17)24(33)29(23(16)32)18-8-9-19(30)28-21(18)31/h2-7,10,12,18,26H,8-9,11H2,(H,28,30,31). The number of hydrogen-bond donors (Lipinski definition) is 2. The lowest BCUT2D eigenvalue weighted by Crippen LogP contribution is -2.54. The van der Waals surface area contributed by atoms with Crippen LogP contribution in [0.3, 0.4) is 0 Å². The maximum atomic E-state index is 13.2. The van der Waals surface area contributed by atoms with E-state index in [0.29, 0.717) is 17.9 Å². The summed E-state index contributed by atoms with van der Waals surface area (Å²) in [6.07, 6.45) is 1.90. The summed E-state index contributed by atoms with van der Waals surface area (Å²) in [4.78, 5) is 59.6. The molecule has 0 saturated carbocycles. The van der Waals surface area contributed by atoms with Crippen LogP contribution in [0.1, 0.15) is 38.4 Å². The zero-order chi connectivity index (χ0) is 23.8. The van der Waals surface area contributed by atoms with E-state index in [1.807, 2.05) is 12.1 Å². The van der Waals surface area contributed by atoms with Crippen molar-refractivity contribution in [1.29, 1.82) is 0 Å². The van der Waals surface area contributed by atoms with Gasteiger partial charge in [-0.1, -0.05) is 24.3 Å². The van der Waals surface area contributed by atoms with Crippen LogP contribution in [0.15, 0.2) is 48.7 Å². The van der Waals surface area contributed by atoms with Gasteiger partial charge in [0.05, 0.1) is 24.2 Å². The van der Waals surface area contributed by atoms with Gasteiger partial charge in [0.15, 0.2) is 5.69 Å². The normalized spacial score (nSPS) is 17.4. The van der Waals surface area contributed by atoms with Gasteiger partial charge in [0.2, 0.25) is 11.8 Å². The number of aromatic nitrogens is 1. The van der Waals surface area contributed by atoms with E-state index >= 15 is 0 Å². The summed E-state index contributed by atoms with van der Waals surface area (Å²) in [5.74, 6) is -2.15. The maximum absolute atomic E-state index is 13.2. The molecule has 3 heterocycles. The molecule has 1 aromatic heterocycles. The van der Waals surface area contributed by atoms with Crippen LogP contribution in [0, 0.1) is 6.57 Å². The lowest BCUT2D eigenvalue weighted by Gasteiger charge is -2.27. The van der Waals surface area contributed by atoms with E-state index in [1.54, 1.807) is 36.5 Å². The SMILES string of the molecule is [C-]#[N+]c1cccc(-c2ncc(CNc3cccc4c3C(=O)N(C3CCC(=O)NC3=O)C4=O)s2)c1. The molecule has 2 N–H and O–H groups in total.